The average molecular weight is 329 g/mol. The number of carbonyl (C=O) groups is 2. The largest absolute Gasteiger partial charge is 0.497 e. The number of rotatable bonds is 7. The Morgan fingerprint density at radius 1 is 1.04 bits per heavy atom. The van der Waals surface area contributed by atoms with Crippen LogP contribution in [0.1, 0.15) is 17.3 Å². The van der Waals surface area contributed by atoms with Gasteiger partial charge in [-0.15, -0.1) is 0 Å². The van der Waals surface area contributed by atoms with Crippen molar-refractivity contribution in [1.29, 1.82) is 0 Å². The number of para-hydroxylation sites is 1. The van der Waals surface area contributed by atoms with Gasteiger partial charge < -0.3 is 19.5 Å². The molecule has 24 heavy (non-hydrogen) atoms. The van der Waals surface area contributed by atoms with E-state index in [2.05, 4.69) is 5.32 Å². The summed E-state index contributed by atoms with van der Waals surface area (Å²) in [6.45, 7) is 1.78. The highest BCUT2D eigenvalue weighted by molar-refractivity contribution is 5.94. The molecule has 2 aromatic carbocycles. The third-order valence-corrected chi connectivity index (χ3v) is 3.11. The van der Waals surface area contributed by atoms with E-state index in [9.17, 15) is 9.59 Å². The van der Waals surface area contributed by atoms with Crippen molar-refractivity contribution in [2.24, 2.45) is 0 Å². The maximum atomic E-state index is 12.0. The minimum absolute atomic E-state index is 0.220. The van der Waals surface area contributed by atoms with Gasteiger partial charge in [0.05, 0.1) is 13.7 Å². The number of amides is 1. The van der Waals surface area contributed by atoms with E-state index < -0.39 is 5.97 Å². The second kappa shape index (κ2) is 8.57. The smallest absolute Gasteiger partial charge is 0.341 e. The highest BCUT2D eigenvalue weighted by Crippen LogP contribution is 2.19. The molecule has 6 heteroatoms. The molecule has 0 fully saturated rings. The van der Waals surface area contributed by atoms with Gasteiger partial charge in [0.25, 0.3) is 5.91 Å². The molecular formula is C18H19NO5. The fourth-order valence-corrected chi connectivity index (χ4v) is 1.98. The summed E-state index contributed by atoms with van der Waals surface area (Å²) in [6.07, 6.45) is 0. The van der Waals surface area contributed by atoms with Gasteiger partial charge in [-0.25, -0.2) is 4.79 Å². The molecule has 0 aromatic heterocycles. The number of anilines is 1. The lowest BCUT2D eigenvalue weighted by atomic mass is 10.2. The molecule has 0 radical (unpaired) electrons. The molecule has 0 aliphatic rings. The van der Waals surface area contributed by atoms with Crippen molar-refractivity contribution in [2.45, 2.75) is 6.92 Å². The molecule has 1 amide bonds. The van der Waals surface area contributed by atoms with Crippen LogP contribution in [-0.4, -0.2) is 32.2 Å². The number of nitrogens with one attached hydrogen (secondary N) is 1. The van der Waals surface area contributed by atoms with E-state index in [1.54, 1.807) is 62.6 Å². The van der Waals surface area contributed by atoms with Crippen LogP contribution in [-0.2, 0) is 9.53 Å². The summed E-state index contributed by atoms with van der Waals surface area (Å²) < 4.78 is 15.5. The van der Waals surface area contributed by atoms with Crippen LogP contribution in [0, 0.1) is 0 Å². The first-order chi connectivity index (χ1) is 11.6. The second-order valence-electron chi connectivity index (χ2n) is 4.78. The first-order valence-electron chi connectivity index (χ1n) is 7.47. The second-order valence-corrected chi connectivity index (χ2v) is 4.78. The van der Waals surface area contributed by atoms with Crippen molar-refractivity contribution < 1.29 is 23.8 Å². The van der Waals surface area contributed by atoms with Gasteiger partial charge in [-0.2, -0.15) is 0 Å². The Bertz CT molecular complexity index is 697. The van der Waals surface area contributed by atoms with Crippen LogP contribution in [0.25, 0.3) is 0 Å². The lowest BCUT2D eigenvalue weighted by molar-refractivity contribution is -0.118. The van der Waals surface area contributed by atoms with Crippen LogP contribution < -0.4 is 14.8 Å². The van der Waals surface area contributed by atoms with Crippen LogP contribution in [0.4, 0.5) is 5.69 Å². The number of hydrogen-bond donors (Lipinski definition) is 1. The number of esters is 1. The molecule has 0 heterocycles. The number of methoxy groups -OCH3 is 1. The molecule has 2 aromatic rings. The fraction of sp³-hybridized carbons (Fsp3) is 0.222. The summed E-state index contributed by atoms with van der Waals surface area (Å²) in [5.41, 5.74) is 0.916. The maximum absolute atomic E-state index is 12.0. The Labute approximate surface area is 140 Å². The molecule has 0 saturated heterocycles. The number of benzene rings is 2. The zero-order valence-corrected chi connectivity index (χ0v) is 13.6. The van der Waals surface area contributed by atoms with Gasteiger partial charge in [-0.1, -0.05) is 12.1 Å². The standard InChI is InChI=1S/C18H19NO5/c1-3-23-18(21)15-6-4-5-7-16(15)24-12-17(20)19-13-8-10-14(22-2)11-9-13/h4-11H,3,12H2,1-2H3,(H,19,20). The summed E-state index contributed by atoms with van der Waals surface area (Å²) in [6, 6.07) is 13.6. The van der Waals surface area contributed by atoms with Crippen LogP contribution >= 0.6 is 0 Å². The van der Waals surface area contributed by atoms with Gasteiger partial charge in [-0.05, 0) is 43.3 Å². The molecule has 1 N–H and O–H groups in total. The number of carbonyl (C=O) groups excluding carboxylic acids is 2. The van der Waals surface area contributed by atoms with E-state index in [0.29, 0.717) is 17.2 Å². The zero-order chi connectivity index (χ0) is 17.4. The van der Waals surface area contributed by atoms with Gasteiger partial charge in [0, 0.05) is 5.69 Å². The van der Waals surface area contributed by atoms with E-state index >= 15 is 0 Å². The van der Waals surface area contributed by atoms with Crippen molar-refractivity contribution in [2.75, 3.05) is 25.6 Å². The predicted molar refractivity (Wildman–Crippen MR) is 89.5 cm³/mol. The van der Waals surface area contributed by atoms with Crippen molar-refractivity contribution in [3.05, 3.63) is 54.1 Å². The van der Waals surface area contributed by atoms with Crippen LogP contribution in [0.15, 0.2) is 48.5 Å². The molecule has 0 unspecified atom stereocenters. The maximum Gasteiger partial charge on any atom is 0.341 e. The molecule has 126 valence electrons. The Morgan fingerprint density at radius 2 is 1.75 bits per heavy atom. The van der Waals surface area contributed by atoms with E-state index in [1.807, 2.05) is 0 Å². The third kappa shape index (κ3) is 4.74. The Balaban J connectivity index is 1.95. The number of ether oxygens (including phenoxy) is 3. The minimum Gasteiger partial charge on any atom is -0.497 e. The van der Waals surface area contributed by atoms with Gasteiger partial charge in [0.15, 0.2) is 6.61 Å². The first-order valence-corrected chi connectivity index (χ1v) is 7.47. The monoisotopic (exact) mass is 329 g/mol. The van der Waals surface area contributed by atoms with Crippen LogP contribution in [0.3, 0.4) is 0 Å². The molecule has 2 rings (SSSR count). The van der Waals surface area contributed by atoms with Crippen molar-refractivity contribution >= 4 is 17.6 Å². The van der Waals surface area contributed by atoms with E-state index in [1.165, 1.54) is 0 Å². The van der Waals surface area contributed by atoms with Crippen LogP contribution in [0.2, 0.25) is 0 Å². The van der Waals surface area contributed by atoms with E-state index in [0.717, 1.165) is 0 Å². The molecule has 0 saturated carbocycles. The van der Waals surface area contributed by atoms with Gasteiger partial charge in [0.1, 0.15) is 17.1 Å². The average Bonchev–Trinajstić information content (AvgIpc) is 2.61. The summed E-state index contributed by atoms with van der Waals surface area (Å²) >= 11 is 0. The van der Waals surface area contributed by atoms with Gasteiger partial charge >= 0.3 is 5.97 Å². The minimum atomic E-state index is -0.483. The molecular weight excluding hydrogens is 310 g/mol. The van der Waals surface area contributed by atoms with Crippen molar-refractivity contribution in [1.82, 2.24) is 0 Å². The quantitative estimate of drug-likeness (QED) is 0.791. The lowest BCUT2D eigenvalue weighted by Gasteiger charge is -2.11. The summed E-state index contributed by atoms with van der Waals surface area (Å²) in [7, 11) is 1.57. The van der Waals surface area contributed by atoms with Crippen molar-refractivity contribution in [3.8, 4) is 11.5 Å². The fourth-order valence-electron chi connectivity index (χ4n) is 1.98. The summed E-state index contributed by atoms with van der Waals surface area (Å²) in [4.78, 5) is 23.8. The SMILES string of the molecule is CCOC(=O)c1ccccc1OCC(=O)Nc1ccc(OC)cc1. The summed E-state index contributed by atoms with van der Waals surface area (Å²) in [5, 5.41) is 2.70. The topological polar surface area (TPSA) is 73.9 Å². The highest BCUT2D eigenvalue weighted by Gasteiger charge is 2.14. The molecule has 0 aliphatic heterocycles. The van der Waals surface area contributed by atoms with Gasteiger partial charge in [0.2, 0.25) is 0 Å². The Morgan fingerprint density at radius 3 is 2.42 bits per heavy atom. The molecule has 0 spiro atoms. The predicted octanol–water partition coefficient (Wildman–Crippen LogP) is 2.89. The third-order valence-electron chi connectivity index (χ3n) is 3.11. The highest BCUT2D eigenvalue weighted by atomic mass is 16.5. The normalized spacial score (nSPS) is 9.92. The molecule has 0 aliphatic carbocycles. The van der Waals surface area contributed by atoms with Crippen LogP contribution in [0.5, 0.6) is 11.5 Å². The molecule has 0 atom stereocenters. The summed E-state index contributed by atoms with van der Waals surface area (Å²) in [5.74, 6) is 0.191. The number of hydrogen-bond acceptors (Lipinski definition) is 5. The van der Waals surface area contributed by atoms with E-state index in [-0.39, 0.29) is 24.7 Å². The zero-order valence-electron chi connectivity index (χ0n) is 13.6. The molecule has 6 nitrogen and oxygen atoms in total. The molecule has 0 bridgehead atoms. The van der Waals surface area contributed by atoms with E-state index in [4.69, 9.17) is 14.2 Å². The lowest BCUT2D eigenvalue weighted by Crippen LogP contribution is -2.21. The Kier molecular flexibility index (Phi) is 6.19. The van der Waals surface area contributed by atoms with Gasteiger partial charge in [-0.3, -0.25) is 4.79 Å². The first kappa shape index (κ1) is 17.3. The Hall–Kier alpha value is -3.02. The van der Waals surface area contributed by atoms with Crippen molar-refractivity contribution in [3.63, 3.8) is 0 Å².